The first kappa shape index (κ1) is 16.4. The molecule has 0 spiro atoms. The minimum Gasteiger partial charge on any atom is -0.504 e. The van der Waals surface area contributed by atoms with Gasteiger partial charge in [-0.15, -0.1) is 0 Å². The predicted octanol–water partition coefficient (Wildman–Crippen LogP) is 4.94. The number of phenols is 1. The average Bonchev–Trinajstić information content (AvgIpc) is 3.13. The van der Waals surface area contributed by atoms with Gasteiger partial charge in [-0.25, -0.2) is 4.98 Å². The third-order valence-electron chi connectivity index (χ3n) is 3.33. The van der Waals surface area contributed by atoms with Gasteiger partial charge in [-0.3, -0.25) is 0 Å². The number of oxazole rings is 1. The van der Waals surface area contributed by atoms with Gasteiger partial charge in [0.05, 0.1) is 29.1 Å². The Morgan fingerprint density at radius 1 is 1.25 bits per heavy atom. The number of aromatic hydroxyl groups is 1. The summed E-state index contributed by atoms with van der Waals surface area (Å²) in [5, 5.41) is 18.2. The van der Waals surface area contributed by atoms with E-state index in [1.807, 2.05) is 30.3 Å². The van der Waals surface area contributed by atoms with Gasteiger partial charge in [-0.2, -0.15) is 10.2 Å². The number of hydrogen-bond donors (Lipinski definition) is 1. The van der Waals surface area contributed by atoms with Crippen molar-refractivity contribution in [1.29, 1.82) is 0 Å². The normalized spacial score (nSPS) is 11.1. The van der Waals surface area contributed by atoms with Crippen LogP contribution in [0.3, 0.4) is 0 Å². The molecule has 0 amide bonds. The summed E-state index contributed by atoms with van der Waals surface area (Å²) in [4.78, 5) is 3.89. The van der Waals surface area contributed by atoms with Crippen LogP contribution >= 0.6 is 22.6 Å². The van der Waals surface area contributed by atoms with E-state index >= 15 is 0 Å². The number of phenolic OH excluding ortho intramolecular Hbond substituents is 1. The minimum atomic E-state index is 0.141. The third-order valence-corrected chi connectivity index (χ3v) is 4.15. The van der Waals surface area contributed by atoms with Crippen molar-refractivity contribution in [2.75, 3.05) is 7.11 Å². The quantitative estimate of drug-likeness (QED) is 0.455. The van der Waals surface area contributed by atoms with Gasteiger partial charge in [-0.05, 0) is 64.6 Å². The molecular formula is C17H14IN3O3. The number of aromatic nitrogens is 1. The van der Waals surface area contributed by atoms with Crippen molar-refractivity contribution in [3.63, 3.8) is 0 Å². The summed E-state index contributed by atoms with van der Waals surface area (Å²) in [6.45, 7) is 0.399. The molecular weight excluding hydrogens is 421 g/mol. The summed E-state index contributed by atoms with van der Waals surface area (Å²) in [5.74, 6) is 1.29. The van der Waals surface area contributed by atoms with Crippen LogP contribution in [0.25, 0.3) is 11.3 Å². The van der Waals surface area contributed by atoms with Crippen molar-refractivity contribution in [3.8, 4) is 22.8 Å². The van der Waals surface area contributed by atoms with Crippen molar-refractivity contribution in [2.24, 2.45) is 10.2 Å². The second kappa shape index (κ2) is 7.43. The molecule has 0 fully saturated rings. The second-order valence-corrected chi connectivity index (χ2v) is 6.10. The Hall–Kier alpha value is -2.42. The molecule has 0 atom stereocenters. The molecule has 0 aliphatic heterocycles. The first-order valence-corrected chi connectivity index (χ1v) is 8.17. The Balaban J connectivity index is 1.69. The molecule has 122 valence electrons. The molecule has 0 saturated heterocycles. The van der Waals surface area contributed by atoms with Crippen LogP contribution in [0.4, 0.5) is 5.69 Å². The zero-order valence-electron chi connectivity index (χ0n) is 12.8. The molecule has 1 heterocycles. The number of ether oxygens (including phenoxy) is 1. The van der Waals surface area contributed by atoms with Gasteiger partial charge in [0.1, 0.15) is 0 Å². The molecule has 0 unspecified atom stereocenters. The molecule has 7 heteroatoms. The van der Waals surface area contributed by atoms with E-state index in [-0.39, 0.29) is 5.75 Å². The van der Waals surface area contributed by atoms with Crippen LogP contribution < -0.4 is 4.74 Å². The predicted molar refractivity (Wildman–Crippen MR) is 97.5 cm³/mol. The van der Waals surface area contributed by atoms with Gasteiger partial charge in [0, 0.05) is 5.56 Å². The van der Waals surface area contributed by atoms with Crippen LogP contribution in [-0.2, 0) is 6.54 Å². The van der Waals surface area contributed by atoms with Crippen LogP contribution in [0.15, 0.2) is 63.6 Å². The monoisotopic (exact) mass is 435 g/mol. The van der Waals surface area contributed by atoms with Crippen molar-refractivity contribution < 1.29 is 14.3 Å². The molecule has 0 radical (unpaired) electrons. The maximum Gasteiger partial charge on any atom is 0.181 e. The summed E-state index contributed by atoms with van der Waals surface area (Å²) in [7, 11) is 1.52. The Kier molecular flexibility index (Phi) is 5.09. The highest BCUT2D eigenvalue weighted by Gasteiger charge is 2.08. The van der Waals surface area contributed by atoms with E-state index in [2.05, 4.69) is 37.8 Å². The molecule has 3 aromatic rings. The highest BCUT2D eigenvalue weighted by atomic mass is 127. The van der Waals surface area contributed by atoms with Crippen molar-refractivity contribution in [1.82, 2.24) is 4.98 Å². The fourth-order valence-corrected chi connectivity index (χ4v) is 2.79. The van der Waals surface area contributed by atoms with Crippen molar-refractivity contribution in [2.45, 2.75) is 6.54 Å². The van der Waals surface area contributed by atoms with Crippen LogP contribution in [0.2, 0.25) is 0 Å². The van der Waals surface area contributed by atoms with Gasteiger partial charge in [0.15, 0.2) is 23.7 Å². The summed E-state index contributed by atoms with van der Waals surface area (Å²) < 4.78 is 11.1. The summed E-state index contributed by atoms with van der Waals surface area (Å²) in [5.41, 5.74) is 2.60. The zero-order valence-corrected chi connectivity index (χ0v) is 15.0. The second-order valence-electron chi connectivity index (χ2n) is 4.94. The van der Waals surface area contributed by atoms with Crippen LogP contribution in [-0.4, -0.2) is 17.2 Å². The topological polar surface area (TPSA) is 80.2 Å². The van der Waals surface area contributed by atoms with Gasteiger partial charge >= 0.3 is 0 Å². The number of halogens is 1. The lowest BCUT2D eigenvalue weighted by molar-refractivity contribution is 0.371. The van der Waals surface area contributed by atoms with Crippen molar-refractivity contribution >= 4 is 28.3 Å². The van der Waals surface area contributed by atoms with E-state index in [4.69, 9.17) is 9.15 Å². The molecule has 0 aliphatic carbocycles. The number of azo groups is 1. The van der Waals surface area contributed by atoms with Crippen LogP contribution in [0, 0.1) is 3.57 Å². The van der Waals surface area contributed by atoms with Gasteiger partial charge in [0.25, 0.3) is 0 Å². The van der Waals surface area contributed by atoms with Crippen molar-refractivity contribution in [3.05, 3.63) is 58.1 Å². The maximum absolute atomic E-state index is 9.83. The minimum absolute atomic E-state index is 0.141. The average molecular weight is 435 g/mol. The fourth-order valence-electron chi connectivity index (χ4n) is 2.12. The maximum atomic E-state index is 9.83. The first-order valence-electron chi connectivity index (χ1n) is 7.09. The largest absolute Gasteiger partial charge is 0.504 e. The highest BCUT2D eigenvalue weighted by Crippen LogP contribution is 2.32. The van der Waals surface area contributed by atoms with E-state index in [0.717, 1.165) is 16.8 Å². The van der Waals surface area contributed by atoms with Crippen LogP contribution in [0.1, 0.15) is 5.56 Å². The molecule has 0 saturated carbocycles. The SMILES string of the molecule is COc1cc(CN=Nc2ccc(-c3cnco3)cc2)cc(I)c1O. The fraction of sp³-hybridized carbons (Fsp3) is 0.118. The summed E-state index contributed by atoms with van der Waals surface area (Å²) in [6.07, 6.45) is 3.06. The van der Waals surface area contributed by atoms with Gasteiger partial charge < -0.3 is 14.3 Å². The van der Waals surface area contributed by atoms with Crippen LogP contribution in [0.5, 0.6) is 11.5 Å². The smallest absolute Gasteiger partial charge is 0.181 e. The Morgan fingerprint density at radius 3 is 2.71 bits per heavy atom. The summed E-state index contributed by atoms with van der Waals surface area (Å²) in [6, 6.07) is 11.1. The molecule has 1 N–H and O–H groups in total. The Morgan fingerprint density at radius 2 is 2.04 bits per heavy atom. The lowest BCUT2D eigenvalue weighted by atomic mass is 10.2. The highest BCUT2D eigenvalue weighted by molar-refractivity contribution is 14.1. The number of hydrogen-bond acceptors (Lipinski definition) is 6. The number of benzene rings is 2. The third kappa shape index (κ3) is 3.73. The molecule has 0 aliphatic rings. The van der Waals surface area contributed by atoms with E-state index in [1.54, 1.807) is 12.3 Å². The number of rotatable bonds is 5. The molecule has 1 aromatic heterocycles. The number of methoxy groups -OCH3 is 1. The summed E-state index contributed by atoms with van der Waals surface area (Å²) >= 11 is 2.05. The lowest BCUT2D eigenvalue weighted by Crippen LogP contribution is -1.90. The van der Waals surface area contributed by atoms with Gasteiger partial charge in [-0.1, -0.05) is 0 Å². The molecule has 0 bridgehead atoms. The van der Waals surface area contributed by atoms with E-state index in [9.17, 15) is 5.11 Å². The molecule has 6 nitrogen and oxygen atoms in total. The zero-order chi connectivity index (χ0) is 16.9. The van der Waals surface area contributed by atoms with E-state index in [1.165, 1.54) is 13.5 Å². The Labute approximate surface area is 152 Å². The first-order chi connectivity index (χ1) is 11.7. The molecule has 24 heavy (non-hydrogen) atoms. The number of nitrogens with zero attached hydrogens (tertiary/aromatic N) is 3. The lowest BCUT2D eigenvalue weighted by Gasteiger charge is -2.07. The molecule has 2 aromatic carbocycles. The van der Waals surface area contributed by atoms with Gasteiger partial charge in [0.2, 0.25) is 0 Å². The van der Waals surface area contributed by atoms with E-state index in [0.29, 0.717) is 21.6 Å². The standard InChI is InChI=1S/C17H14IN3O3/c1-23-15-7-11(6-14(18)17(15)22)8-20-21-13-4-2-12(3-5-13)16-9-19-10-24-16/h2-7,9-10,22H,8H2,1H3. The Bertz CT molecular complexity index is 846. The van der Waals surface area contributed by atoms with E-state index < -0.39 is 0 Å². The molecule has 3 rings (SSSR count).